The first-order chi connectivity index (χ1) is 12.4. The number of hydrogen-bond donors (Lipinski definition) is 0. The van der Waals surface area contributed by atoms with Crippen molar-refractivity contribution in [2.45, 2.75) is 6.10 Å². The fourth-order valence-corrected chi connectivity index (χ4v) is 3.01. The van der Waals surface area contributed by atoms with Crippen LogP contribution in [0.5, 0.6) is 11.6 Å². The van der Waals surface area contributed by atoms with Gasteiger partial charge in [0.1, 0.15) is 11.9 Å². The number of benzene rings is 2. The van der Waals surface area contributed by atoms with Gasteiger partial charge in [-0.25, -0.2) is 4.98 Å². The molecule has 1 atom stereocenters. The summed E-state index contributed by atoms with van der Waals surface area (Å²) in [6.45, 7) is 2.47. The van der Waals surface area contributed by atoms with Crippen molar-refractivity contribution >= 4 is 5.69 Å². The van der Waals surface area contributed by atoms with Crippen molar-refractivity contribution in [3.05, 3.63) is 84.6 Å². The van der Waals surface area contributed by atoms with Crippen molar-refractivity contribution in [1.82, 2.24) is 4.98 Å². The maximum atomic E-state index is 5.94. The second-order valence-corrected chi connectivity index (χ2v) is 5.98. The van der Waals surface area contributed by atoms with Crippen molar-refractivity contribution in [2.75, 3.05) is 24.6 Å². The number of hydrogen-bond acceptors (Lipinski definition) is 4. The first-order valence-corrected chi connectivity index (χ1v) is 8.49. The first kappa shape index (κ1) is 15.7. The van der Waals surface area contributed by atoms with Crippen molar-refractivity contribution in [2.24, 2.45) is 0 Å². The molecule has 2 heterocycles. The Morgan fingerprint density at radius 2 is 1.72 bits per heavy atom. The van der Waals surface area contributed by atoms with Crippen LogP contribution in [0.15, 0.2) is 79.0 Å². The lowest BCUT2D eigenvalue weighted by atomic mass is 10.1. The lowest BCUT2D eigenvalue weighted by Crippen LogP contribution is -2.38. The summed E-state index contributed by atoms with van der Waals surface area (Å²) >= 11 is 0. The van der Waals surface area contributed by atoms with Gasteiger partial charge in [0.25, 0.3) is 0 Å². The van der Waals surface area contributed by atoms with Crippen LogP contribution in [-0.4, -0.2) is 24.7 Å². The topological polar surface area (TPSA) is 34.6 Å². The third kappa shape index (κ3) is 3.80. The number of rotatable bonds is 4. The SMILES string of the molecule is c1ccc(C2CN(c3ccc(Oc4ccccn4)cc3)CCO2)cc1. The molecule has 1 fully saturated rings. The predicted molar refractivity (Wildman–Crippen MR) is 98.1 cm³/mol. The van der Waals surface area contributed by atoms with Gasteiger partial charge in [0.15, 0.2) is 0 Å². The summed E-state index contributed by atoms with van der Waals surface area (Å²) in [5, 5.41) is 0. The van der Waals surface area contributed by atoms with Crippen LogP contribution >= 0.6 is 0 Å². The fraction of sp³-hybridized carbons (Fsp3) is 0.190. The molecule has 126 valence electrons. The van der Waals surface area contributed by atoms with E-state index in [-0.39, 0.29) is 6.10 Å². The number of morpholine rings is 1. The van der Waals surface area contributed by atoms with Gasteiger partial charge in [-0.05, 0) is 35.9 Å². The van der Waals surface area contributed by atoms with Crippen LogP contribution in [0, 0.1) is 0 Å². The number of ether oxygens (including phenoxy) is 2. The Balaban J connectivity index is 1.44. The average molecular weight is 332 g/mol. The lowest BCUT2D eigenvalue weighted by molar-refractivity contribution is 0.0398. The van der Waals surface area contributed by atoms with Gasteiger partial charge in [-0.2, -0.15) is 0 Å². The molecule has 4 heteroatoms. The minimum absolute atomic E-state index is 0.111. The Bertz CT molecular complexity index is 791. The number of pyridine rings is 1. The Morgan fingerprint density at radius 1 is 0.920 bits per heavy atom. The van der Waals surface area contributed by atoms with Gasteiger partial charge in [0.2, 0.25) is 5.88 Å². The summed E-state index contributed by atoms with van der Waals surface area (Å²) in [6.07, 6.45) is 1.83. The van der Waals surface area contributed by atoms with E-state index < -0.39 is 0 Å². The zero-order valence-electron chi connectivity index (χ0n) is 13.9. The monoisotopic (exact) mass is 332 g/mol. The maximum absolute atomic E-state index is 5.94. The second kappa shape index (κ2) is 7.36. The highest BCUT2D eigenvalue weighted by molar-refractivity contribution is 5.50. The van der Waals surface area contributed by atoms with E-state index in [9.17, 15) is 0 Å². The molecule has 1 aromatic heterocycles. The van der Waals surface area contributed by atoms with Gasteiger partial charge >= 0.3 is 0 Å². The van der Waals surface area contributed by atoms with Crippen molar-refractivity contribution < 1.29 is 9.47 Å². The third-order valence-corrected chi connectivity index (χ3v) is 4.30. The molecule has 4 nitrogen and oxygen atoms in total. The normalized spacial score (nSPS) is 17.3. The summed E-state index contributed by atoms with van der Waals surface area (Å²) < 4.78 is 11.7. The standard InChI is InChI=1S/C21H20N2O2/c1-2-6-17(7-3-1)20-16-23(14-15-24-20)18-9-11-19(12-10-18)25-21-8-4-5-13-22-21/h1-13,20H,14-16H2. The van der Waals surface area contributed by atoms with Gasteiger partial charge < -0.3 is 14.4 Å². The number of aromatic nitrogens is 1. The van der Waals surface area contributed by atoms with Crippen molar-refractivity contribution in [3.63, 3.8) is 0 Å². The molecule has 0 N–H and O–H groups in total. The molecule has 0 spiro atoms. The summed E-state index contributed by atoms with van der Waals surface area (Å²) in [6, 6.07) is 24.2. The minimum atomic E-state index is 0.111. The Hall–Kier alpha value is -2.85. The average Bonchev–Trinajstić information content (AvgIpc) is 2.70. The highest BCUT2D eigenvalue weighted by atomic mass is 16.5. The molecule has 1 unspecified atom stereocenters. The molecular formula is C21H20N2O2. The molecule has 25 heavy (non-hydrogen) atoms. The molecule has 1 aliphatic rings. The molecule has 0 amide bonds. The highest BCUT2D eigenvalue weighted by Gasteiger charge is 2.22. The zero-order chi connectivity index (χ0) is 16.9. The van der Waals surface area contributed by atoms with Gasteiger partial charge in [-0.1, -0.05) is 36.4 Å². The van der Waals surface area contributed by atoms with Gasteiger partial charge in [0, 0.05) is 31.0 Å². The Kier molecular flexibility index (Phi) is 4.61. The Labute approximate surface area is 147 Å². The molecule has 1 aliphatic heterocycles. The first-order valence-electron chi connectivity index (χ1n) is 8.49. The molecule has 0 aliphatic carbocycles. The molecule has 3 aromatic rings. The van der Waals surface area contributed by atoms with Crippen LogP contribution < -0.4 is 9.64 Å². The van der Waals surface area contributed by atoms with Gasteiger partial charge in [-0.15, -0.1) is 0 Å². The number of anilines is 1. The van der Waals surface area contributed by atoms with E-state index >= 15 is 0 Å². The summed E-state index contributed by atoms with van der Waals surface area (Å²) in [4.78, 5) is 6.53. The smallest absolute Gasteiger partial charge is 0.219 e. The van der Waals surface area contributed by atoms with E-state index in [1.54, 1.807) is 6.20 Å². The van der Waals surface area contributed by atoms with Gasteiger partial charge in [0.05, 0.1) is 6.61 Å². The van der Waals surface area contributed by atoms with E-state index in [0.29, 0.717) is 5.88 Å². The largest absolute Gasteiger partial charge is 0.439 e. The van der Waals surface area contributed by atoms with E-state index in [1.807, 2.05) is 36.4 Å². The summed E-state index contributed by atoms with van der Waals surface area (Å²) in [5.41, 5.74) is 2.40. The highest BCUT2D eigenvalue weighted by Crippen LogP contribution is 2.28. The van der Waals surface area contributed by atoms with Crippen LogP contribution in [0.2, 0.25) is 0 Å². The molecular weight excluding hydrogens is 312 g/mol. The summed E-state index contributed by atoms with van der Waals surface area (Å²) in [5.74, 6) is 1.39. The second-order valence-electron chi connectivity index (χ2n) is 5.98. The van der Waals surface area contributed by atoms with Crippen molar-refractivity contribution in [1.29, 1.82) is 0 Å². The Morgan fingerprint density at radius 3 is 2.48 bits per heavy atom. The molecule has 0 saturated carbocycles. The summed E-state index contributed by atoms with van der Waals surface area (Å²) in [7, 11) is 0. The minimum Gasteiger partial charge on any atom is -0.439 e. The van der Waals surface area contributed by atoms with Crippen LogP contribution in [0.1, 0.15) is 11.7 Å². The molecule has 2 aromatic carbocycles. The third-order valence-electron chi connectivity index (χ3n) is 4.30. The fourth-order valence-electron chi connectivity index (χ4n) is 3.01. The molecule has 0 bridgehead atoms. The maximum Gasteiger partial charge on any atom is 0.219 e. The van der Waals surface area contributed by atoms with Crippen LogP contribution in [0.3, 0.4) is 0 Å². The van der Waals surface area contributed by atoms with E-state index in [4.69, 9.17) is 9.47 Å². The van der Waals surface area contributed by atoms with Crippen LogP contribution in [0.4, 0.5) is 5.69 Å². The molecule has 0 radical (unpaired) electrons. The van der Waals surface area contributed by atoms with E-state index in [1.165, 1.54) is 11.3 Å². The van der Waals surface area contributed by atoms with Crippen LogP contribution in [0.25, 0.3) is 0 Å². The van der Waals surface area contributed by atoms with E-state index in [2.05, 4.69) is 46.3 Å². The quantitative estimate of drug-likeness (QED) is 0.707. The molecule has 4 rings (SSSR count). The molecule has 1 saturated heterocycles. The lowest BCUT2D eigenvalue weighted by Gasteiger charge is -2.34. The van der Waals surface area contributed by atoms with E-state index in [0.717, 1.165) is 25.4 Å². The van der Waals surface area contributed by atoms with Crippen LogP contribution in [-0.2, 0) is 4.74 Å². The zero-order valence-corrected chi connectivity index (χ0v) is 13.9. The predicted octanol–water partition coefficient (Wildman–Crippen LogP) is 4.45. The van der Waals surface area contributed by atoms with Gasteiger partial charge in [-0.3, -0.25) is 0 Å². The number of nitrogens with zero attached hydrogens (tertiary/aromatic N) is 2. The van der Waals surface area contributed by atoms with Crippen molar-refractivity contribution in [3.8, 4) is 11.6 Å².